The molecule has 0 unspecified atom stereocenters. The number of hydrogen-bond donors (Lipinski definition) is 0. The maximum Gasteiger partial charge on any atom is 0.476 e. The van der Waals surface area contributed by atoms with Gasteiger partial charge in [-0.15, -0.1) is 0 Å². The van der Waals surface area contributed by atoms with E-state index in [0.717, 1.165) is 0 Å². The van der Waals surface area contributed by atoms with E-state index in [1.54, 1.807) is 18.2 Å². The van der Waals surface area contributed by atoms with Crippen LogP contribution in [-0.4, -0.2) is 24.2 Å². The van der Waals surface area contributed by atoms with E-state index < -0.39 is 29.7 Å². The van der Waals surface area contributed by atoms with E-state index >= 15 is 0 Å². The first-order chi connectivity index (χ1) is 9.88. The van der Waals surface area contributed by atoms with Crippen LogP contribution in [0.1, 0.15) is 5.56 Å². The quantitative estimate of drug-likeness (QED) is 0.461. The molecule has 0 saturated heterocycles. The van der Waals surface area contributed by atoms with Crippen LogP contribution in [0, 0.1) is 0 Å². The number of hydrogen-bond acceptors (Lipinski definition) is 2. The van der Waals surface area contributed by atoms with Crippen molar-refractivity contribution in [2.24, 2.45) is 0 Å². The van der Waals surface area contributed by atoms with Gasteiger partial charge in [0.2, 0.25) is 0 Å². The zero-order chi connectivity index (χ0) is 17.2. The first-order valence-electron chi connectivity index (χ1n) is 5.66. The lowest BCUT2D eigenvalue weighted by molar-refractivity contribution is -0.411. The lowest BCUT2D eigenvalue weighted by atomic mass is 10.1. The molecule has 0 aliphatic rings. The second-order valence-corrected chi connectivity index (χ2v) is 4.24. The second kappa shape index (κ2) is 5.98. The van der Waals surface area contributed by atoms with Crippen LogP contribution in [-0.2, 0) is 16.0 Å². The predicted molar refractivity (Wildman–Crippen MR) is 61.3 cm³/mol. The summed E-state index contributed by atoms with van der Waals surface area (Å²) in [7, 11) is 0. The van der Waals surface area contributed by atoms with Gasteiger partial charge in [0.1, 0.15) is 0 Å². The third-order valence-electron chi connectivity index (χ3n) is 2.49. The van der Waals surface area contributed by atoms with Crippen LogP contribution in [0.4, 0.5) is 30.7 Å². The fraction of sp³-hybridized carbons (Fsp3) is 0.308. The third kappa shape index (κ3) is 3.77. The average molecular weight is 330 g/mol. The summed E-state index contributed by atoms with van der Waals surface area (Å²) in [5, 5.41) is 0. The van der Waals surface area contributed by atoms with Crippen molar-refractivity contribution in [1.29, 1.82) is 0 Å². The minimum Gasteiger partial charge on any atom is -0.392 e. The highest BCUT2D eigenvalue weighted by molar-refractivity contribution is 5.88. The molecule has 0 aromatic heterocycles. The molecule has 0 N–H and O–H groups in total. The van der Waals surface area contributed by atoms with Gasteiger partial charge in [0.25, 0.3) is 0 Å². The summed E-state index contributed by atoms with van der Waals surface area (Å²) in [6, 6.07) is 7.64. The van der Waals surface area contributed by atoms with Gasteiger partial charge >= 0.3 is 24.2 Å². The zero-order valence-corrected chi connectivity index (χ0v) is 10.8. The standard InChI is InChI=1S/C13H9F7O2/c1-8(7-9-5-3-2-4-6-9)10(21)22-13(19,20)11(14,15)12(16,17)18/h2-6H,1,7H2. The highest BCUT2D eigenvalue weighted by Crippen LogP contribution is 2.47. The SMILES string of the molecule is C=C(Cc1ccccc1)C(=O)OC(F)(F)C(F)(F)C(F)(F)F. The minimum atomic E-state index is -6.57. The summed E-state index contributed by atoms with van der Waals surface area (Å²) >= 11 is 0. The summed E-state index contributed by atoms with van der Waals surface area (Å²) in [6.45, 7) is 3.04. The molecule has 0 aliphatic carbocycles. The van der Waals surface area contributed by atoms with Gasteiger partial charge in [0, 0.05) is 12.0 Å². The molecule has 2 nitrogen and oxygen atoms in total. The number of alkyl halides is 7. The van der Waals surface area contributed by atoms with Crippen molar-refractivity contribution in [3.63, 3.8) is 0 Å². The van der Waals surface area contributed by atoms with Gasteiger partial charge in [-0.2, -0.15) is 30.7 Å². The number of halogens is 7. The Morgan fingerprint density at radius 2 is 1.50 bits per heavy atom. The fourth-order valence-corrected chi connectivity index (χ4v) is 1.33. The highest BCUT2D eigenvalue weighted by atomic mass is 19.4. The summed E-state index contributed by atoms with van der Waals surface area (Å²) in [4.78, 5) is 11.2. The molecule has 0 saturated carbocycles. The van der Waals surface area contributed by atoms with Crippen LogP contribution in [0.5, 0.6) is 0 Å². The molecule has 0 fully saturated rings. The van der Waals surface area contributed by atoms with E-state index in [4.69, 9.17) is 0 Å². The Kier molecular flexibility index (Phi) is 4.89. The lowest BCUT2D eigenvalue weighted by Crippen LogP contribution is -2.54. The topological polar surface area (TPSA) is 26.3 Å². The van der Waals surface area contributed by atoms with Gasteiger partial charge in [-0.1, -0.05) is 36.9 Å². The molecule has 0 heterocycles. The average Bonchev–Trinajstić information content (AvgIpc) is 2.37. The molecule has 1 aromatic rings. The van der Waals surface area contributed by atoms with Crippen molar-refractivity contribution in [1.82, 2.24) is 0 Å². The van der Waals surface area contributed by atoms with E-state index in [9.17, 15) is 35.5 Å². The smallest absolute Gasteiger partial charge is 0.392 e. The normalized spacial score (nSPS) is 12.9. The van der Waals surface area contributed by atoms with Crippen molar-refractivity contribution in [2.75, 3.05) is 0 Å². The Morgan fingerprint density at radius 3 is 1.95 bits per heavy atom. The Morgan fingerprint density at radius 1 is 1.00 bits per heavy atom. The van der Waals surface area contributed by atoms with Crippen LogP contribution in [0.15, 0.2) is 42.5 Å². The van der Waals surface area contributed by atoms with Crippen molar-refractivity contribution in [3.05, 3.63) is 48.0 Å². The maximum absolute atomic E-state index is 12.9. The van der Waals surface area contributed by atoms with E-state index in [-0.39, 0.29) is 6.42 Å². The molecule has 1 rings (SSSR count). The molecule has 0 amide bonds. The van der Waals surface area contributed by atoms with Gasteiger partial charge in [0.05, 0.1) is 0 Å². The van der Waals surface area contributed by atoms with Crippen LogP contribution >= 0.6 is 0 Å². The fourth-order valence-electron chi connectivity index (χ4n) is 1.33. The Hall–Kier alpha value is -2.06. The van der Waals surface area contributed by atoms with Crippen molar-refractivity contribution in [2.45, 2.75) is 24.6 Å². The molecular weight excluding hydrogens is 321 g/mol. The summed E-state index contributed by atoms with van der Waals surface area (Å²) < 4.78 is 89.6. The van der Waals surface area contributed by atoms with Crippen molar-refractivity contribution >= 4 is 5.97 Å². The zero-order valence-electron chi connectivity index (χ0n) is 10.8. The largest absolute Gasteiger partial charge is 0.476 e. The van der Waals surface area contributed by atoms with Crippen LogP contribution in [0.25, 0.3) is 0 Å². The van der Waals surface area contributed by atoms with E-state index in [1.165, 1.54) is 12.1 Å². The summed E-state index contributed by atoms with van der Waals surface area (Å²) in [5.74, 6) is -8.55. The third-order valence-corrected chi connectivity index (χ3v) is 2.49. The van der Waals surface area contributed by atoms with Gasteiger partial charge in [-0.25, -0.2) is 4.79 Å². The van der Waals surface area contributed by atoms with Crippen molar-refractivity contribution in [3.8, 4) is 0 Å². The number of carbonyl (C=O) groups excluding carboxylic acids is 1. The predicted octanol–water partition coefficient (Wildman–Crippen LogP) is 4.12. The number of carbonyl (C=O) groups is 1. The Bertz CT molecular complexity index is 549. The highest BCUT2D eigenvalue weighted by Gasteiger charge is 2.76. The molecule has 9 heteroatoms. The number of rotatable bonds is 5. The van der Waals surface area contributed by atoms with Gasteiger partial charge in [0.15, 0.2) is 0 Å². The molecular formula is C13H9F7O2. The molecule has 0 radical (unpaired) electrons. The number of ether oxygens (including phenoxy) is 1. The molecule has 0 spiro atoms. The first-order valence-corrected chi connectivity index (χ1v) is 5.66. The molecule has 0 atom stereocenters. The van der Waals surface area contributed by atoms with Crippen LogP contribution < -0.4 is 0 Å². The van der Waals surface area contributed by atoms with E-state index in [0.29, 0.717) is 5.56 Å². The van der Waals surface area contributed by atoms with E-state index in [1.807, 2.05) is 0 Å². The molecule has 0 aliphatic heterocycles. The van der Waals surface area contributed by atoms with Crippen LogP contribution in [0.2, 0.25) is 0 Å². The molecule has 122 valence electrons. The Balaban J connectivity index is 2.81. The minimum absolute atomic E-state index is 0.340. The molecule has 0 bridgehead atoms. The number of esters is 1. The van der Waals surface area contributed by atoms with Gasteiger partial charge in [-0.05, 0) is 5.56 Å². The first kappa shape index (κ1) is 18.0. The summed E-state index contributed by atoms with van der Waals surface area (Å²) in [6.07, 6.45) is -13.0. The maximum atomic E-state index is 12.9. The van der Waals surface area contributed by atoms with Gasteiger partial charge < -0.3 is 4.74 Å². The van der Waals surface area contributed by atoms with E-state index in [2.05, 4.69) is 11.3 Å². The van der Waals surface area contributed by atoms with Gasteiger partial charge in [-0.3, -0.25) is 0 Å². The lowest BCUT2D eigenvalue weighted by Gasteiger charge is -2.27. The second-order valence-electron chi connectivity index (χ2n) is 4.24. The molecule has 1 aromatic carbocycles. The Labute approximate surface area is 120 Å². The monoisotopic (exact) mass is 330 g/mol. The molecule has 22 heavy (non-hydrogen) atoms. The van der Waals surface area contributed by atoms with Crippen LogP contribution in [0.3, 0.4) is 0 Å². The number of benzene rings is 1. The van der Waals surface area contributed by atoms with Crippen molar-refractivity contribution < 1.29 is 40.3 Å². The summed E-state index contributed by atoms with van der Waals surface area (Å²) in [5.41, 5.74) is -0.279.